The predicted octanol–water partition coefficient (Wildman–Crippen LogP) is 3.20. The Kier molecular flexibility index (Phi) is 5.86. The van der Waals surface area contributed by atoms with E-state index in [1.165, 1.54) is 6.26 Å². The zero-order valence-corrected chi connectivity index (χ0v) is 12.3. The quantitative estimate of drug-likeness (QED) is 0.838. The minimum atomic E-state index is -4.28. The third-order valence-electron chi connectivity index (χ3n) is 2.62. The van der Waals surface area contributed by atoms with Gasteiger partial charge in [0.1, 0.15) is 12.8 Å². The summed E-state index contributed by atoms with van der Waals surface area (Å²) in [4.78, 5) is 5.21. The lowest BCUT2D eigenvalue weighted by Gasteiger charge is -2.25. The summed E-state index contributed by atoms with van der Waals surface area (Å²) in [5, 5.41) is 3.17. The van der Waals surface area contributed by atoms with Crippen molar-refractivity contribution in [3.8, 4) is 0 Å². The molecule has 1 rings (SSSR count). The summed E-state index contributed by atoms with van der Waals surface area (Å²) < 4.78 is 42.7. The highest BCUT2D eigenvalue weighted by Gasteiger charge is 2.33. The normalized spacial score (nSPS) is 12.4. The van der Waals surface area contributed by atoms with Crippen molar-refractivity contribution in [3.05, 3.63) is 12.0 Å². The number of rotatable bonds is 7. The van der Waals surface area contributed by atoms with E-state index in [4.69, 9.17) is 4.42 Å². The van der Waals surface area contributed by atoms with Crippen molar-refractivity contribution in [1.82, 2.24) is 10.3 Å². The van der Waals surface area contributed by atoms with Gasteiger partial charge in [-0.25, -0.2) is 0 Å². The number of hydrogen-bond donors (Lipinski definition) is 1. The molecule has 0 amide bonds. The van der Waals surface area contributed by atoms with Gasteiger partial charge in [-0.15, -0.1) is 0 Å². The van der Waals surface area contributed by atoms with Gasteiger partial charge in [0.05, 0.1) is 5.69 Å². The van der Waals surface area contributed by atoms with Gasteiger partial charge in [0.15, 0.2) is 0 Å². The first kappa shape index (κ1) is 16.8. The maximum absolute atomic E-state index is 12.5. The lowest BCUT2D eigenvalue weighted by molar-refractivity contribution is -0.121. The summed E-state index contributed by atoms with van der Waals surface area (Å²) >= 11 is 0. The van der Waals surface area contributed by atoms with E-state index in [0.29, 0.717) is 18.2 Å². The number of hydrogen-bond acceptors (Lipinski definition) is 4. The number of oxazole rings is 1. The molecule has 1 aromatic heterocycles. The van der Waals surface area contributed by atoms with E-state index in [9.17, 15) is 13.2 Å². The predicted molar refractivity (Wildman–Crippen MR) is 71.6 cm³/mol. The summed E-state index contributed by atoms with van der Waals surface area (Å²) in [5.41, 5.74) is 0.605. The molecule has 0 fully saturated rings. The molecule has 0 bridgehead atoms. The molecular weight excluding hydrogens is 271 g/mol. The van der Waals surface area contributed by atoms with E-state index >= 15 is 0 Å². The zero-order valence-electron chi connectivity index (χ0n) is 12.3. The van der Waals surface area contributed by atoms with Gasteiger partial charge in [0, 0.05) is 12.6 Å². The topological polar surface area (TPSA) is 41.3 Å². The first-order chi connectivity index (χ1) is 9.19. The minimum Gasteiger partial charge on any atom is -0.432 e. The highest BCUT2D eigenvalue weighted by Crippen LogP contribution is 2.23. The maximum Gasteiger partial charge on any atom is 0.406 e. The molecule has 0 unspecified atom stereocenters. The van der Waals surface area contributed by atoms with Crippen LogP contribution in [0.5, 0.6) is 0 Å². The van der Waals surface area contributed by atoms with Gasteiger partial charge in [-0.2, -0.15) is 18.2 Å². The average Bonchev–Trinajstić information content (AvgIpc) is 2.72. The van der Waals surface area contributed by atoms with Crippen molar-refractivity contribution < 1.29 is 17.6 Å². The van der Waals surface area contributed by atoms with Crippen LogP contribution in [0.25, 0.3) is 0 Å². The lowest BCUT2D eigenvalue weighted by atomic mass is 10.2. The third kappa shape index (κ3) is 5.81. The number of aromatic nitrogens is 1. The maximum atomic E-state index is 12.5. The molecule has 1 N–H and O–H groups in total. The Bertz CT molecular complexity index is 402. The molecule has 0 spiro atoms. The molecule has 0 aliphatic heterocycles. The Morgan fingerprint density at radius 3 is 2.45 bits per heavy atom. The van der Waals surface area contributed by atoms with Gasteiger partial charge in [-0.3, -0.25) is 0 Å². The van der Waals surface area contributed by atoms with Gasteiger partial charge in [-0.05, 0) is 26.3 Å². The van der Waals surface area contributed by atoms with Gasteiger partial charge < -0.3 is 14.6 Å². The van der Waals surface area contributed by atoms with Crippen molar-refractivity contribution in [1.29, 1.82) is 0 Å². The van der Waals surface area contributed by atoms with Crippen LogP contribution < -0.4 is 10.2 Å². The molecule has 0 saturated heterocycles. The molecule has 0 saturated carbocycles. The smallest absolute Gasteiger partial charge is 0.406 e. The van der Waals surface area contributed by atoms with Crippen LogP contribution in [0.4, 0.5) is 19.2 Å². The summed E-state index contributed by atoms with van der Waals surface area (Å²) in [6.07, 6.45) is -2.89. The Balaban J connectivity index is 2.67. The van der Waals surface area contributed by atoms with Crippen molar-refractivity contribution >= 4 is 6.01 Å². The van der Waals surface area contributed by atoms with Crippen LogP contribution in [0.3, 0.4) is 0 Å². The summed E-state index contributed by atoms with van der Waals surface area (Å²) in [6, 6.07) is -0.328. The largest absolute Gasteiger partial charge is 0.432 e. The number of nitrogens with zero attached hydrogens (tertiary/aromatic N) is 2. The zero-order chi connectivity index (χ0) is 15.3. The van der Waals surface area contributed by atoms with Crippen LogP contribution >= 0.6 is 0 Å². The standard InChI is InChI=1S/C13H22F3N3O/c1-9(2)5-17-6-11-7-20-12(18-11)19(10(3)4)8-13(14,15)16/h7,9-10,17H,5-6,8H2,1-4H3. The molecule has 0 aliphatic carbocycles. The Morgan fingerprint density at radius 1 is 1.30 bits per heavy atom. The van der Waals surface area contributed by atoms with Crippen molar-refractivity contribution in [3.63, 3.8) is 0 Å². The fraction of sp³-hybridized carbons (Fsp3) is 0.769. The van der Waals surface area contributed by atoms with Gasteiger partial charge in [0.2, 0.25) is 0 Å². The van der Waals surface area contributed by atoms with E-state index in [1.54, 1.807) is 13.8 Å². The Labute approximate surface area is 117 Å². The van der Waals surface area contributed by atoms with Crippen molar-refractivity contribution in [2.24, 2.45) is 5.92 Å². The Hall–Kier alpha value is -1.24. The number of anilines is 1. The van der Waals surface area contributed by atoms with Gasteiger partial charge >= 0.3 is 6.18 Å². The van der Waals surface area contributed by atoms with Crippen molar-refractivity contribution in [2.45, 2.75) is 46.5 Å². The average molecular weight is 293 g/mol. The van der Waals surface area contributed by atoms with E-state index in [0.717, 1.165) is 11.4 Å². The summed E-state index contributed by atoms with van der Waals surface area (Å²) in [5.74, 6) is 0.499. The number of alkyl halides is 3. The molecule has 0 radical (unpaired) electrons. The molecule has 20 heavy (non-hydrogen) atoms. The minimum absolute atomic E-state index is 0.0127. The Morgan fingerprint density at radius 2 is 1.95 bits per heavy atom. The van der Waals surface area contributed by atoms with Crippen LogP contribution in [0.15, 0.2) is 10.7 Å². The van der Waals surface area contributed by atoms with E-state index < -0.39 is 12.7 Å². The van der Waals surface area contributed by atoms with E-state index in [1.807, 2.05) is 0 Å². The van der Waals surface area contributed by atoms with Gasteiger partial charge in [-0.1, -0.05) is 13.8 Å². The fourth-order valence-corrected chi connectivity index (χ4v) is 1.66. The highest BCUT2D eigenvalue weighted by atomic mass is 19.4. The van der Waals surface area contributed by atoms with Crippen LogP contribution in [0.1, 0.15) is 33.4 Å². The van der Waals surface area contributed by atoms with Crippen LogP contribution in [0, 0.1) is 5.92 Å². The number of nitrogens with one attached hydrogen (secondary N) is 1. The third-order valence-corrected chi connectivity index (χ3v) is 2.62. The SMILES string of the molecule is CC(C)CNCc1coc(N(CC(F)(F)F)C(C)C)n1. The fourth-order valence-electron chi connectivity index (χ4n) is 1.66. The number of halogens is 3. The molecule has 0 aromatic carbocycles. The lowest BCUT2D eigenvalue weighted by Crippen LogP contribution is -2.39. The molecule has 116 valence electrons. The van der Waals surface area contributed by atoms with E-state index in [2.05, 4.69) is 24.1 Å². The summed E-state index contributed by atoms with van der Waals surface area (Å²) in [7, 11) is 0. The summed E-state index contributed by atoms with van der Waals surface area (Å²) in [6.45, 7) is 7.73. The van der Waals surface area contributed by atoms with E-state index in [-0.39, 0.29) is 12.1 Å². The molecule has 1 heterocycles. The monoisotopic (exact) mass is 293 g/mol. The first-order valence-electron chi connectivity index (χ1n) is 6.67. The molecule has 0 atom stereocenters. The highest BCUT2D eigenvalue weighted by molar-refractivity contribution is 5.28. The second-order valence-corrected chi connectivity index (χ2v) is 5.48. The van der Waals surface area contributed by atoms with Crippen molar-refractivity contribution in [2.75, 3.05) is 18.0 Å². The molecule has 1 aromatic rings. The van der Waals surface area contributed by atoms with Crippen LogP contribution in [-0.4, -0.2) is 30.3 Å². The second-order valence-electron chi connectivity index (χ2n) is 5.48. The van der Waals surface area contributed by atoms with Crippen LogP contribution in [-0.2, 0) is 6.54 Å². The molecule has 0 aliphatic rings. The molecule has 7 heteroatoms. The molecule has 4 nitrogen and oxygen atoms in total. The van der Waals surface area contributed by atoms with Crippen LogP contribution in [0.2, 0.25) is 0 Å². The first-order valence-corrected chi connectivity index (χ1v) is 6.67. The molecular formula is C13H22F3N3O. The van der Waals surface area contributed by atoms with Gasteiger partial charge in [0.25, 0.3) is 6.01 Å². The second kappa shape index (κ2) is 6.97.